The van der Waals surface area contributed by atoms with Crippen LogP contribution in [-0.4, -0.2) is 41.8 Å². The van der Waals surface area contributed by atoms with E-state index in [0.717, 1.165) is 6.54 Å². The van der Waals surface area contributed by atoms with Gasteiger partial charge in [0.1, 0.15) is 18.5 Å². The second kappa shape index (κ2) is 10.0. The van der Waals surface area contributed by atoms with Crippen molar-refractivity contribution in [3.8, 4) is 5.75 Å². The molecule has 0 aliphatic heterocycles. The average molecular weight is 314 g/mol. The smallest absolute Gasteiger partial charge is 0.138 e. The molecule has 0 aromatic heterocycles. The van der Waals surface area contributed by atoms with Crippen LogP contribution in [0.25, 0.3) is 0 Å². The van der Waals surface area contributed by atoms with Crippen molar-refractivity contribution in [3.63, 3.8) is 0 Å². The molecule has 0 radical (unpaired) electrons. The number of hydrogen-bond donors (Lipinski definition) is 1. The van der Waals surface area contributed by atoms with Gasteiger partial charge in [0.25, 0.3) is 0 Å². The molecule has 0 heterocycles. The number of halogens is 1. The van der Waals surface area contributed by atoms with Crippen molar-refractivity contribution in [2.24, 2.45) is 0 Å². The Labute approximate surface area is 133 Å². The van der Waals surface area contributed by atoms with Crippen molar-refractivity contribution >= 4 is 11.6 Å². The van der Waals surface area contributed by atoms with E-state index in [1.54, 1.807) is 6.07 Å². The van der Waals surface area contributed by atoms with Gasteiger partial charge in [0.2, 0.25) is 0 Å². The van der Waals surface area contributed by atoms with Crippen LogP contribution in [0.4, 0.5) is 0 Å². The molecule has 0 aliphatic rings. The fourth-order valence-corrected chi connectivity index (χ4v) is 2.39. The molecule has 0 aliphatic carbocycles. The summed E-state index contributed by atoms with van der Waals surface area (Å²) in [6.07, 6.45) is 3.11. The van der Waals surface area contributed by atoms with E-state index in [1.807, 2.05) is 18.2 Å². The molecule has 1 unspecified atom stereocenters. The van der Waals surface area contributed by atoms with Gasteiger partial charge in [-0.05, 0) is 38.9 Å². The first-order valence-electron chi connectivity index (χ1n) is 7.84. The van der Waals surface area contributed by atoms with Crippen LogP contribution in [0.1, 0.15) is 40.0 Å². The average Bonchev–Trinajstić information content (AvgIpc) is 2.45. The topological polar surface area (TPSA) is 32.7 Å². The summed E-state index contributed by atoms with van der Waals surface area (Å²) < 4.78 is 5.60. The Morgan fingerprint density at radius 2 is 1.95 bits per heavy atom. The van der Waals surface area contributed by atoms with Crippen LogP contribution >= 0.6 is 11.6 Å². The van der Waals surface area contributed by atoms with Gasteiger partial charge < -0.3 is 9.84 Å². The number of para-hydroxylation sites is 1. The summed E-state index contributed by atoms with van der Waals surface area (Å²) in [5.74, 6) is 0.625. The quantitative estimate of drug-likeness (QED) is 0.663. The Morgan fingerprint density at radius 1 is 1.24 bits per heavy atom. The Morgan fingerprint density at radius 3 is 2.57 bits per heavy atom. The van der Waals surface area contributed by atoms with Crippen LogP contribution in [0, 0.1) is 0 Å². The van der Waals surface area contributed by atoms with Crippen molar-refractivity contribution in [1.29, 1.82) is 0 Å². The molecule has 120 valence electrons. The first-order valence-corrected chi connectivity index (χ1v) is 8.21. The molecule has 0 spiro atoms. The third kappa shape index (κ3) is 7.16. The molecule has 1 rings (SSSR count). The Bertz CT molecular complexity index is 398. The van der Waals surface area contributed by atoms with Gasteiger partial charge >= 0.3 is 0 Å². The summed E-state index contributed by atoms with van der Waals surface area (Å²) in [5.41, 5.74) is 0. The molecule has 0 saturated carbocycles. The van der Waals surface area contributed by atoms with Crippen LogP contribution in [-0.2, 0) is 0 Å². The monoisotopic (exact) mass is 313 g/mol. The number of benzene rings is 1. The van der Waals surface area contributed by atoms with Gasteiger partial charge in [-0.25, -0.2) is 0 Å². The number of hydrogen-bond acceptors (Lipinski definition) is 3. The normalized spacial score (nSPS) is 12.9. The van der Waals surface area contributed by atoms with Crippen molar-refractivity contribution in [1.82, 2.24) is 4.90 Å². The lowest BCUT2D eigenvalue weighted by atomic mass is 10.2. The SMILES string of the molecule is CCCCCN(CC(O)COc1ccccc1Cl)C(C)C. The third-order valence-electron chi connectivity index (χ3n) is 3.49. The zero-order valence-corrected chi connectivity index (χ0v) is 14.1. The molecular weight excluding hydrogens is 286 g/mol. The second-order valence-electron chi connectivity index (χ2n) is 5.69. The predicted molar refractivity (Wildman–Crippen MR) is 89.2 cm³/mol. The molecule has 0 bridgehead atoms. The standard InChI is InChI=1S/C17H28ClNO2/c1-4-5-8-11-19(14(2)3)12-15(20)13-21-17-10-7-6-9-16(17)18/h6-7,9-10,14-15,20H,4-5,8,11-13H2,1-3H3. The van der Waals surface area contributed by atoms with Crippen molar-refractivity contribution in [3.05, 3.63) is 29.3 Å². The van der Waals surface area contributed by atoms with E-state index >= 15 is 0 Å². The van der Waals surface area contributed by atoms with Gasteiger partial charge in [0, 0.05) is 12.6 Å². The molecule has 0 amide bonds. The summed E-state index contributed by atoms with van der Waals surface area (Å²) in [4.78, 5) is 2.30. The fraction of sp³-hybridized carbons (Fsp3) is 0.647. The highest BCUT2D eigenvalue weighted by Gasteiger charge is 2.15. The lowest BCUT2D eigenvalue weighted by Crippen LogP contribution is -2.40. The van der Waals surface area contributed by atoms with Crippen LogP contribution < -0.4 is 4.74 Å². The van der Waals surface area contributed by atoms with Crippen molar-refractivity contribution in [2.75, 3.05) is 19.7 Å². The first-order chi connectivity index (χ1) is 10.0. The first kappa shape index (κ1) is 18.3. The molecule has 3 nitrogen and oxygen atoms in total. The second-order valence-corrected chi connectivity index (χ2v) is 6.10. The molecule has 1 atom stereocenters. The van der Waals surface area contributed by atoms with Gasteiger partial charge in [0.15, 0.2) is 0 Å². The van der Waals surface area contributed by atoms with E-state index < -0.39 is 6.10 Å². The largest absolute Gasteiger partial charge is 0.489 e. The molecule has 21 heavy (non-hydrogen) atoms. The molecule has 4 heteroatoms. The van der Waals surface area contributed by atoms with E-state index in [4.69, 9.17) is 16.3 Å². The summed E-state index contributed by atoms with van der Waals surface area (Å²) in [7, 11) is 0. The summed E-state index contributed by atoms with van der Waals surface area (Å²) in [5, 5.41) is 10.7. The van der Waals surface area contributed by atoms with Crippen LogP contribution in [0.15, 0.2) is 24.3 Å². The third-order valence-corrected chi connectivity index (χ3v) is 3.80. The van der Waals surface area contributed by atoms with Gasteiger partial charge in [0.05, 0.1) is 5.02 Å². The number of rotatable bonds is 10. The van der Waals surface area contributed by atoms with Gasteiger partial charge in [-0.1, -0.05) is 43.5 Å². The van der Waals surface area contributed by atoms with Crippen LogP contribution in [0.2, 0.25) is 5.02 Å². The molecule has 1 aromatic carbocycles. The number of nitrogens with zero attached hydrogens (tertiary/aromatic N) is 1. The van der Waals surface area contributed by atoms with E-state index in [-0.39, 0.29) is 6.61 Å². The van der Waals surface area contributed by atoms with Gasteiger partial charge in [-0.3, -0.25) is 4.90 Å². The molecule has 1 N–H and O–H groups in total. The number of ether oxygens (including phenoxy) is 1. The van der Waals surface area contributed by atoms with E-state index in [1.165, 1.54) is 19.3 Å². The number of aliphatic hydroxyl groups excluding tert-OH is 1. The Hall–Kier alpha value is -0.770. The number of unbranched alkanes of at least 4 members (excludes halogenated alkanes) is 2. The fourth-order valence-electron chi connectivity index (χ4n) is 2.20. The van der Waals surface area contributed by atoms with Gasteiger partial charge in [-0.15, -0.1) is 0 Å². The summed E-state index contributed by atoms with van der Waals surface area (Å²) in [6, 6.07) is 7.76. The molecule has 1 aromatic rings. The lowest BCUT2D eigenvalue weighted by Gasteiger charge is -2.28. The maximum atomic E-state index is 10.2. The Balaban J connectivity index is 2.39. The minimum atomic E-state index is -0.509. The van der Waals surface area contributed by atoms with Crippen molar-refractivity contribution < 1.29 is 9.84 Å². The minimum Gasteiger partial charge on any atom is -0.489 e. The van der Waals surface area contributed by atoms with Gasteiger partial charge in [-0.2, -0.15) is 0 Å². The predicted octanol–water partition coefficient (Wildman–Crippen LogP) is 3.98. The minimum absolute atomic E-state index is 0.265. The Kier molecular flexibility index (Phi) is 8.74. The maximum Gasteiger partial charge on any atom is 0.138 e. The van der Waals surface area contributed by atoms with Crippen LogP contribution in [0.3, 0.4) is 0 Å². The molecular formula is C17H28ClNO2. The highest BCUT2D eigenvalue weighted by molar-refractivity contribution is 6.32. The van der Waals surface area contributed by atoms with E-state index in [2.05, 4.69) is 25.7 Å². The van der Waals surface area contributed by atoms with E-state index in [9.17, 15) is 5.11 Å². The molecule has 0 saturated heterocycles. The van der Waals surface area contributed by atoms with Crippen LogP contribution in [0.5, 0.6) is 5.75 Å². The molecule has 0 fully saturated rings. The van der Waals surface area contributed by atoms with Crippen molar-refractivity contribution in [2.45, 2.75) is 52.2 Å². The maximum absolute atomic E-state index is 10.2. The zero-order valence-electron chi connectivity index (χ0n) is 13.4. The summed E-state index contributed by atoms with van der Waals surface area (Å²) in [6.45, 7) is 8.44. The number of aliphatic hydroxyl groups is 1. The highest BCUT2D eigenvalue weighted by atomic mass is 35.5. The van der Waals surface area contributed by atoms with E-state index in [0.29, 0.717) is 23.4 Å². The zero-order chi connectivity index (χ0) is 15.7. The highest BCUT2D eigenvalue weighted by Crippen LogP contribution is 2.23. The summed E-state index contributed by atoms with van der Waals surface area (Å²) >= 11 is 6.03. The lowest BCUT2D eigenvalue weighted by molar-refractivity contribution is 0.0568.